The van der Waals surface area contributed by atoms with Crippen LogP contribution in [0.25, 0.3) is 0 Å². The zero-order valence-electron chi connectivity index (χ0n) is 11.6. The standard InChI is InChI=1S/C12H13ClF3N5S/c1-2-21-9(3-4-17)19-20-11(21)22-10-8(13)5-7(6-18-10)12(14,15)16/h5-6H,2-4,17H2,1H3. The molecule has 22 heavy (non-hydrogen) atoms. The Kier molecular flexibility index (Phi) is 5.30. The highest BCUT2D eigenvalue weighted by Gasteiger charge is 2.31. The van der Waals surface area contributed by atoms with E-state index in [2.05, 4.69) is 15.2 Å². The number of alkyl halides is 3. The first kappa shape index (κ1) is 17.0. The third-order valence-corrected chi connectivity index (χ3v) is 4.20. The van der Waals surface area contributed by atoms with Crippen molar-refractivity contribution in [2.24, 2.45) is 5.73 Å². The van der Waals surface area contributed by atoms with Crippen molar-refractivity contribution in [1.29, 1.82) is 0 Å². The van der Waals surface area contributed by atoms with Crippen LogP contribution in [-0.2, 0) is 19.1 Å². The van der Waals surface area contributed by atoms with Gasteiger partial charge in [-0.15, -0.1) is 10.2 Å². The van der Waals surface area contributed by atoms with Gasteiger partial charge in [-0.2, -0.15) is 13.2 Å². The van der Waals surface area contributed by atoms with Crippen LogP contribution in [0.1, 0.15) is 18.3 Å². The number of nitrogens with two attached hydrogens (primary N) is 1. The van der Waals surface area contributed by atoms with E-state index < -0.39 is 11.7 Å². The zero-order chi connectivity index (χ0) is 16.3. The lowest BCUT2D eigenvalue weighted by molar-refractivity contribution is -0.137. The van der Waals surface area contributed by atoms with Gasteiger partial charge in [0, 0.05) is 19.2 Å². The number of halogens is 4. The quantitative estimate of drug-likeness (QED) is 0.896. The maximum absolute atomic E-state index is 12.6. The van der Waals surface area contributed by atoms with Crippen molar-refractivity contribution in [3.63, 3.8) is 0 Å². The average molecular weight is 352 g/mol. The molecule has 2 aromatic rings. The smallest absolute Gasteiger partial charge is 0.330 e. The number of hydrogen-bond donors (Lipinski definition) is 1. The Morgan fingerprint density at radius 1 is 1.36 bits per heavy atom. The van der Waals surface area contributed by atoms with Gasteiger partial charge in [0.15, 0.2) is 5.16 Å². The van der Waals surface area contributed by atoms with Crippen molar-refractivity contribution < 1.29 is 13.2 Å². The van der Waals surface area contributed by atoms with Gasteiger partial charge in [0.05, 0.1) is 10.6 Å². The summed E-state index contributed by atoms with van der Waals surface area (Å²) < 4.78 is 39.6. The summed E-state index contributed by atoms with van der Waals surface area (Å²) in [6.07, 6.45) is -3.16. The molecule has 2 heterocycles. The van der Waals surface area contributed by atoms with Crippen LogP contribution in [0.3, 0.4) is 0 Å². The Hall–Kier alpha value is -1.32. The fourth-order valence-electron chi connectivity index (χ4n) is 1.77. The number of pyridine rings is 1. The van der Waals surface area contributed by atoms with Crippen LogP contribution in [0.4, 0.5) is 13.2 Å². The average Bonchev–Trinajstić information content (AvgIpc) is 2.82. The molecule has 0 aliphatic rings. The fraction of sp³-hybridized carbons (Fsp3) is 0.417. The maximum Gasteiger partial charge on any atom is 0.417 e. The van der Waals surface area contributed by atoms with E-state index in [-0.39, 0.29) is 10.0 Å². The molecule has 0 saturated carbocycles. The lowest BCUT2D eigenvalue weighted by Crippen LogP contribution is -2.10. The molecule has 0 bridgehead atoms. The van der Waals surface area contributed by atoms with Gasteiger partial charge in [0.25, 0.3) is 0 Å². The van der Waals surface area contributed by atoms with Gasteiger partial charge >= 0.3 is 6.18 Å². The molecule has 0 saturated heterocycles. The normalized spacial score (nSPS) is 11.9. The molecule has 0 unspecified atom stereocenters. The molecule has 5 nitrogen and oxygen atoms in total. The minimum Gasteiger partial charge on any atom is -0.330 e. The molecule has 120 valence electrons. The minimum absolute atomic E-state index is 0.0779. The molecular formula is C12H13ClF3N5S. The molecule has 2 rings (SSSR count). The number of aromatic nitrogens is 4. The molecule has 0 spiro atoms. The Morgan fingerprint density at radius 2 is 2.09 bits per heavy atom. The maximum atomic E-state index is 12.6. The molecule has 0 atom stereocenters. The van der Waals surface area contributed by atoms with E-state index in [0.717, 1.165) is 29.8 Å². The van der Waals surface area contributed by atoms with Gasteiger partial charge in [0.2, 0.25) is 0 Å². The highest BCUT2D eigenvalue weighted by atomic mass is 35.5. The number of rotatable bonds is 5. The molecule has 2 N–H and O–H groups in total. The van der Waals surface area contributed by atoms with Crippen molar-refractivity contribution in [2.45, 2.75) is 36.2 Å². The van der Waals surface area contributed by atoms with E-state index >= 15 is 0 Å². The molecule has 0 aliphatic heterocycles. The summed E-state index contributed by atoms with van der Waals surface area (Å²) in [5.74, 6) is 0.718. The van der Waals surface area contributed by atoms with Crippen molar-refractivity contribution in [3.8, 4) is 0 Å². The van der Waals surface area contributed by atoms with Gasteiger partial charge in [0.1, 0.15) is 10.9 Å². The molecular weight excluding hydrogens is 339 g/mol. The van der Waals surface area contributed by atoms with Crippen molar-refractivity contribution in [3.05, 3.63) is 28.7 Å². The molecule has 0 fully saturated rings. The molecule has 0 aromatic carbocycles. The van der Waals surface area contributed by atoms with Crippen molar-refractivity contribution in [1.82, 2.24) is 19.7 Å². The number of nitrogens with zero attached hydrogens (tertiary/aromatic N) is 4. The molecule has 0 aliphatic carbocycles. The third-order valence-electron chi connectivity index (χ3n) is 2.80. The summed E-state index contributed by atoms with van der Waals surface area (Å²) in [6.45, 7) is 2.96. The van der Waals surface area contributed by atoms with Crippen LogP contribution in [0, 0.1) is 0 Å². The summed E-state index contributed by atoms with van der Waals surface area (Å²) >= 11 is 6.96. The highest BCUT2D eigenvalue weighted by molar-refractivity contribution is 7.99. The second-order valence-corrected chi connectivity index (χ2v) is 5.66. The van der Waals surface area contributed by atoms with E-state index in [0.29, 0.717) is 24.7 Å². The lowest BCUT2D eigenvalue weighted by atomic mass is 10.3. The zero-order valence-corrected chi connectivity index (χ0v) is 13.1. The minimum atomic E-state index is -4.47. The van der Waals surface area contributed by atoms with Gasteiger partial charge in [-0.05, 0) is 31.3 Å². The first-order chi connectivity index (χ1) is 10.4. The van der Waals surface area contributed by atoms with E-state index in [1.807, 2.05) is 11.5 Å². The van der Waals surface area contributed by atoms with E-state index in [9.17, 15) is 13.2 Å². The van der Waals surface area contributed by atoms with Crippen LogP contribution >= 0.6 is 23.4 Å². The van der Waals surface area contributed by atoms with E-state index in [4.69, 9.17) is 17.3 Å². The largest absolute Gasteiger partial charge is 0.417 e. The Morgan fingerprint density at radius 3 is 2.64 bits per heavy atom. The van der Waals surface area contributed by atoms with Crippen LogP contribution in [-0.4, -0.2) is 26.3 Å². The van der Waals surface area contributed by atoms with Crippen molar-refractivity contribution in [2.75, 3.05) is 6.54 Å². The van der Waals surface area contributed by atoms with Crippen LogP contribution in [0.5, 0.6) is 0 Å². The number of hydrogen-bond acceptors (Lipinski definition) is 5. The predicted molar refractivity (Wildman–Crippen MR) is 76.8 cm³/mol. The van der Waals surface area contributed by atoms with Gasteiger partial charge in [-0.1, -0.05) is 11.6 Å². The van der Waals surface area contributed by atoms with E-state index in [1.165, 1.54) is 0 Å². The molecule has 0 amide bonds. The van der Waals surface area contributed by atoms with Gasteiger partial charge in [-0.3, -0.25) is 0 Å². The Labute approximate surface area is 134 Å². The van der Waals surface area contributed by atoms with Crippen molar-refractivity contribution >= 4 is 23.4 Å². The van der Waals surface area contributed by atoms with Crippen LogP contribution in [0.15, 0.2) is 22.4 Å². The summed E-state index contributed by atoms with van der Waals surface area (Å²) in [6, 6.07) is 0.852. The molecule has 10 heteroatoms. The monoisotopic (exact) mass is 351 g/mol. The van der Waals surface area contributed by atoms with E-state index in [1.54, 1.807) is 0 Å². The molecule has 0 radical (unpaired) electrons. The highest BCUT2D eigenvalue weighted by Crippen LogP contribution is 2.35. The topological polar surface area (TPSA) is 69.6 Å². The SMILES string of the molecule is CCn1c(CCN)nnc1Sc1ncc(C(F)(F)F)cc1Cl. The second-order valence-electron chi connectivity index (χ2n) is 4.29. The summed E-state index contributed by atoms with van der Waals surface area (Å²) in [4.78, 5) is 3.78. The summed E-state index contributed by atoms with van der Waals surface area (Å²) in [7, 11) is 0. The Bertz CT molecular complexity index is 659. The fourth-order valence-corrected chi connectivity index (χ4v) is 2.91. The second kappa shape index (κ2) is 6.84. The van der Waals surface area contributed by atoms with Crippen LogP contribution in [0.2, 0.25) is 5.02 Å². The Balaban J connectivity index is 2.28. The summed E-state index contributed by atoms with van der Waals surface area (Å²) in [5, 5.41) is 8.72. The first-order valence-corrected chi connectivity index (χ1v) is 7.59. The third kappa shape index (κ3) is 3.71. The molecule has 2 aromatic heterocycles. The lowest BCUT2D eigenvalue weighted by Gasteiger charge is -2.09. The van der Waals surface area contributed by atoms with Gasteiger partial charge in [-0.25, -0.2) is 4.98 Å². The van der Waals surface area contributed by atoms with Gasteiger partial charge < -0.3 is 10.3 Å². The van der Waals surface area contributed by atoms with Crippen LogP contribution < -0.4 is 5.73 Å². The first-order valence-electron chi connectivity index (χ1n) is 6.39. The predicted octanol–water partition coefficient (Wildman–Crippen LogP) is 3.02. The summed E-state index contributed by atoms with van der Waals surface area (Å²) in [5.41, 5.74) is 4.61.